The highest BCUT2D eigenvalue weighted by molar-refractivity contribution is 5.49. The third kappa shape index (κ3) is 1.13. The molecule has 2 heterocycles. The van der Waals surface area contributed by atoms with Crippen molar-refractivity contribution in [3.63, 3.8) is 0 Å². The maximum atomic E-state index is 5.99. The lowest BCUT2D eigenvalue weighted by Gasteiger charge is -2.34. The van der Waals surface area contributed by atoms with Crippen molar-refractivity contribution in [3.8, 4) is 0 Å². The Bertz CT molecular complexity index is 437. The molecule has 2 aliphatic rings. The predicted molar refractivity (Wildman–Crippen MR) is 62.7 cm³/mol. The SMILES string of the molecule is CC1c2c(N)ncnc2C(C)(C)N1C1CC1. The lowest BCUT2D eigenvalue weighted by Crippen LogP contribution is -2.39. The minimum absolute atomic E-state index is 0.00697. The lowest BCUT2D eigenvalue weighted by atomic mass is 10.00. The molecule has 16 heavy (non-hydrogen) atoms. The Hall–Kier alpha value is -1.16. The molecule has 0 amide bonds. The normalized spacial score (nSPS) is 28.1. The summed E-state index contributed by atoms with van der Waals surface area (Å²) >= 11 is 0. The van der Waals surface area contributed by atoms with Crippen LogP contribution in [-0.4, -0.2) is 20.9 Å². The summed E-state index contributed by atoms with van der Waals surface area (Å²) in [5.41, 5.74) is 8.23. The van der Waals surface area contributed by atoms with Crippen LogP contribution >= 0.6 is 0 Å². The number of nitrogen functional groups attached to an aromatic ring is 1. The summed E-state index contributed by atoms with van der Waals surface area (Å²) in [6.45, 7) is 6.69. The van der Waals surface area contributed by atoms with Crippen molar-refractivity contribution in [2.24, 2.45) is 0 Å². The van der Waals surface area contributed by atoms with E-state index in [-0.39, 0.29) is 5.54 Å². The van der Waals surface area contributed by atoms with Crippen molar-refractivity contribution in [2.45, 2.75) is 51.2 Å². The number of rotatable bonds is 1. The Morgan fingerprint density at radius 3 is 2.62 bits per heavy atom. The first kappa shape index (κ1) is 10.0. The van der Waals surface area contributed by atoms with Crippen molar-refractivity contribution < 1.29 is 0 Å². The molecule has 86 valence electrons. The molecule has 1 aromatic rings. The van der Waals surface area contributed by atoms with Gasteiger partial charge in [-0.15, -0.1) is 0 Å². The fourth-order valence-electron chi connectivity index (χ4n) is 3.18. The predicted octanol–water partition coefficient (Wildman–Crippen LogP) is 1.83. The number of aromatic nitrogens is 2. The number of nitrogens with zero attached hydrogens (tertiary/aromatic N) is 3. The van der Waals surface area contributed by atoms with Gasteiger partial charge >= 0.3 is 0 Å². The van der Waals surface area contributed by atoms with Crippen LogP contribution in [0.1, 0.15) is 50.9 Å². The van der Waals surface area contributed by atoms with E-state index in [2.05, 4.69) is 35.6 Å². The molecule has 1 atom stereocenters. The van der Waals surface area contributed by atoms with Gasteiger partial charge in [0.2, 0.25) is 0 Å². The second-order valence-electron chi connectivity index (χ2n) is 5.39. The Balaban J connectivity index is 2.16. The Kier molecular flexibility index (Phi) is 1.84. The molecule has 0 radical (unpaired) electrons. The van der Waals surface area contributed by atoms with Gasteiger partial charge < -0.3 is 5.73 Å². The highest BCUT2D eigenvalue weighted by Crippen LogP contribution is 2.51. The summed E-state index contributed by atoms with van der Waals surface area (Å²) in [5, 5.41) is 0. The zero-order valence-corrected chi connectivity index (χ0v) is 10.1. The van der Waals surface area contributed by atoms with Crippen molar-refractivity contribution in [1.29, 1.82) is 0 Å². The molecular weight excluding hydrogens is 200 g/mol. The van der Waals surface area contributed by atoms with E-state index in [4.69, 9.17) is 5.73 Å². The Morgan fingerprint density at radius 1 is 1.38 bits per heavy atom. The van der Waals surface area contributed by atoms with Crippen LogP contribution in [0.5, 0.6) is 0 Å². The van der Waals surface area contributed by atoms with Crippen LogP contribution < -0.4 is 5.73 Å². The van der Waals surface area contributed by atoms with E-state index >= 15 is 0 Å². The van der Waals surface area contributed by atoms with Crippen molar-refractivity contribution >= 4 is 5.82 Å². The monoisotopic (exact) mass is 218 g/mol. The Morgan fingerprint density at radius 2 is 2.06 bits per heavy atom. The van der Waals surface area contributed by atoms with Gasteiger partial charge in [0.25, 0.3) is 0 Å². The molecule has 0 saturated heterocycles. The molecule has 2 N–H and O–H groups in total. The molecular formula is C12H18N4. The van der Waals surface area contributed by atoms with E-state index in [0.29, 0.717) is 17.9 Å². The van der Waals surface area contributed by atoms with Crippen LogP contribution in [0.3, 0.4) is 0 Å². The summed E-state index contributed by atoms with van der Waals surface area (Å²) in [7, 11) is 0. The largest absolute Gasteiger partial charge is 0.383 e. The number of nitrogens with two attached hydrogens (primary N) is 1. The topological polar surface area (TPSA) is 55.0 Å². The first-order valence-electron chi connectivity index (χ1n) is 5.92. The lowest BCUT2D eigenvalue weighted by molar-refractivity contribution is 0.0905. The number of anilines is 1. The van der Waals surface area contributed by atoms with E-state index in [1.165, 1.54) is 12.8 Å². The molecule has 3 rings (SSSR count). The highest BCUT2D eigenvalue weighted by Gasteiger charge is 2.50. The van der Waals surface area contributed by atoms with Crippen LogP contribution in [0.25, 0.3) is 0 Å². The van der Waals surface area contributed by atoms with Gasteiger partial charge in [-0.2, -0.15) is 0 Å². The van der Waals surface area contributed by atoms with E-state index in [1.807, 2.05) is 0 Å². The quantitative estimate of drug-likeness (QED) is 0.781. The van der Waals surface area contributed by atoms with E-state index in [9.17, 15) is 0 Å². The average Bonchev–Trinajstić information content (AvgIpc) is 2.98. The van der Waals surface area contributed by atoms with Gasteiger partial charge in [-0.3, -0.25) is 4.90 Å². The molecule has 1 unspecified atom stereocenters. The molecule has 4 heteroatoms. The zero-order chi connectivity index (χ0) is 11.5. The zero-order valence-electron chi connectivity index (χ0n) is 10.1. The van der Waals surface area contributed by atoms with Gasteiger partial charge in [-0.1, -0.05) is 0 Å². The standard InChI is InChI=1S/C12H18N4/c1-7-9-10(14-6-15-11(9)13)12(2,3)16(7)8-4-5-8/h6-8H,4-5H2,1-3H3,(H2,13,14,15). The van der Waals surface area contributed by atoms with Gasteiger partial charge in [0, 0.05) is 17.6 Å². The van der Waals surface area contributed by atoms with Crippen molar-refractivity contribution in [3.05, 3.63) is 17.6 Å². The minimum atomic E-state index is -0.00697. The number of fused-ring (bicyclic) bond motifs is 1. The first-order chi connectivity index (χ1) is 7.53. The third-order valence-electron chi connectivity index (χ3n) is 3.92. The first-order valence-corrected chi connectivity index (χ1v) is 5.92. The van der Waals surface area contributed by atoms with E-state index < -0.39 is 0 Å². The highest BCUT2D eigenvalue weighted by atomic mass is 15.3. The summed E-state index contributed by atoms with van der Waals surface area (Å²) in [4.78, 5) is 11.1. The maximum Gasteiger partial charge on any atom is 0.131 e. The molecule has 1 fully saturated rings. The van der Waals surface area contributed by atoms with E-state index in [0.717, 1.165) is 11.3 Å². The molecule has 0 aromatic carbocycles. The molecule has 1 aromatic heterocycles. The summed E-state index contributed by atoms with van der Waals surface area (Å²) in [5.74, 6) is 0.647. The molecule has 1 saturated carbocycles. The van der Waals surface area contributed by atoms with Crippen LogP contribution in [0.4, 0.5) is 5.82 Å². The minimum Gasteiger partial charge on any atom is -0.383 e. The van der Waals surface area contributed by atoms with Gasteiger partial charge in [0.05, 0.1) is 11.2 Å². The molecule has 0 spiro atoms. The molecule has 4 nitrogen and oxygen atoms in total. The third-order valence-corrected chi connectivity index (χ3v) is 3.92. The number of hydrogen-bond donors (Lipinski definition) is 1. The average molecular weight is 218 g/mol. The Labute approximate surface area is 95.9 Å². The summed E-state index contributed by atoms with van der Waals surface area (Å²) in [6, 6.07) is 1.05. The summed E-state index contributed by atoms with van der Waals surface area (Å²) in [6.07, 6.45) is 4.18. The molecule has 1 aliphatic carbocycles. The fourth-order valence-corrected chi connectivity index (χ4v) is 3.18. The van der Waals surface area contributed by atoms with Crippen LogP contribution in [0.15, 0.2) is 6.33 Å². The van der Waals surface area contributed by atoms with E-state index in [1.54, 1.807) is 6.33 Å². The van der Waals surface area contributed by atoms with Gasteiger partial charge in [-0.05, 0) is 33.6 Å². The fraction of sp³-hybridized carbons (Fsp3) is 0.667. The molecule has 0 bridgehead atoms. The molecule has 1 aliphatic heterocycles. The summed E-state index contributed by atoms with van der Waals surface area (Å²) < 4.78 is 0. The van der Waals surface area contributed by atoms with Crippen LogP contribution in [0.2, 0.25) is 0 Å². The van der Waals surface area contributed by atoms with Crippen molar-refractivity contribution in [2.75, 3.05) is 5.73 Å². The van der Waals surface area contributed by atoms with Gasteiger partial charge in [0.1, 0.15) is 12.1 Å². The van der Waals surface area contributed by atoms with Gasteiger partial charge in [0.15, 0.2) is 0 Å². The second kappa shape index (κ2) is 2.94. The van der Waals surface area contributed by atoms with Crippen molar-refractivity contribution in [1.82, 2.24) is 14.9 Å². The second-order valence-corrected chi connectivity index (χ2v) is 5.39. The smallest absolute Gasteiger partial charge is 0.131 e. The van der Waals surface area contributed by atoms with Gasteiger partial charge in [-0.25, -0.2) is 9.97 Å². The number of hydrogen-bond acceptors (Lipinski definition) is 4. The van der Waals surface area contributed by atoms with Crippen LogP contribution in [-0.2, 0) is 5.54 Å². The van der Waals surface area contributed by atoms with Crippen LogP contribution in [0, 0.1) is 0 Å². The maximum absolute atomic E-state index is 5.99.